The minimum Gasteiger partial charge on any atom is -0.382 e. The van der Waals surface area contributed by atoms with Crippen molar-refractivity contribution in [1.29, 1.82) is 0 Å². The van der Waals surface area contributed by atoms with Gasteiger partial charge in [0.25, 0.3) is 0 Å². The highest BCUT2D eigenvalue weighted by Crippen LogP contribution is 2.25. The fraction of sp³-hybridized carbons (Fsp3) is 1.00. The van der Waals surface area contributed by atoms with Crippen molar-refractivity contribution in [3.63, 3.8) is 0 Å². The molecule has 0 fully saturated rings. The molecule has 0 amide bonds. The Balaban J connectivity index is 3.33. The third kappa shape index (κ3) is 6.62. The molecule has 0 spiro atoms. The number of hydrogen-bond donors (Lipinski definition) is 1. The first-order chi connectivity index (χ1) is 5.62. The molecule has 0 saturated heterocycles. The van der Waals surface area contributed by atoms with Crippen LogP contribution in [0.5, 0.6) is 0 Å². The Morgan fingerprint density at radius 3 is 2.42 bits per heavy atom. The van der Waals surface area contributed by atoms with Gasteiger partial charge in [-0.1, -0.05) is 13.8 Å². The molecule has 2 nitrogen and oxygen atoms in total. The van der Waals surface area contributed by atoms with Gasteiger partial charge in [-0.25, -0.2) is 0 Å². The minimum absolute atomic E-state index is 0.395. The van der Waals surface area contributed by atoms with Crippen LogP contribution in [-0.4, -0.2) is 19.8 Å². The van der Waals surface area contributed by atoms with Crippen molar-refractivity contribution in [2.75, 3.05) is 19.8 Å². The molecular formula is C10H23NO. The van der Waals surface area contributed by atoms with Crippen LogP contribution in [0.15, 0.2) is 0 Å². The first-order valence-corrected chi connectivity index (χ1v) is 4.90. The van der Waals surface area contributed by atoms with E-state index < -0.39 is 0 Å². The summed E-state index contributed by atoms with van der Waals surface area (Å²) in [6.45, 7) is 9.09. The molecule has 2 N–H and O–H groups in total. The van der Waals surface area contributed by atoms with Crippen LogP contribution in [0.25, 0.3) is 0 Å². The Morgan fingerprint density at radius 1 is 1.25 bits per heavy atom. The summed E-state index contributed by atoms with van der Waals surface area (Å²) < 4.78 is 5.28. The Hall–Kier alpha value is -0.0800. The molecule has 0 heterocycles. The SMILES string of the molecule is CCOCCCC(C)(C)CCN. The van der Waals surface area contributed by atoms with Gasteiger partial charge in [0.2, 0.25) is 0 Å². The Kier molecular flexibility index (Phi) is 6.39. The predicted octanol–water partition coefficient (Wildman–Crippen LogP) is 2.18. The van der Waals surface area contributed by atoms with Crippen LogP contribution < -0.4 is 5.73 Å². The summed E-state index contributed by atoms with van der Waals surface area (Å²) in [6.07, 6.45) is 3.48. The molecule has 0 aromatic heterocycles. The van der Waals surface area contributed by atoms with E-state index in [1.165, 1.54) is 6.42 Å². The van der Waals surface area contributed by atoms with Crippen LogP contribution in [0.4, 0.5) is 0 Å². The van der Waals surface area contributed by atoms with Gasteiger partial charge in [-0.15, -0.1) is 0 Å². The smallest absolute Gasteiger partial charge is 0.0466 e. The summed E-state index contributed by atoms with van der Waals surface area (Å²) in [4.78, 5) is 0. The lowest BCUT2D eigenvalue weighted by molar-refractivity contribution is 0.131. The Morgan fingerprint density at radius 2 is 1.92 bits per heavy atom. The summed E-state index contributed by atoms with van der Waals surface area (Å²) in [5, 5.41) is 0. The second-order valence-corrected chi connectivity index (χ2v) is 4.00. The standard InChI is InChI=1S/C10H23NO/c1-4-12-9-5-6-10(2,3)7-8-11/h4-9,11H2,1-3H3. The van der Waals surface area contributed by atoms with Gasteiger partial charge < -0.3 is 10.5 Å². The van der Waals surface area contributed by atoms with Gasteiger partial charge >= 0.3 is 0 Å². The van der Waals surface area contributed by atoms with Crippen LogP contribution in [0, 0.1) is 5.41 Å². The Bertz CT molecular complexity index is 102. The maximum absolute atomic E-state index is 5.51. The fourth-order valence-electron chi connectivity index (χ4n) is 1.31. The van der Waals surface area contributed by atoms with Crippen LogP contribution in [0.1, 0.15) is 40.0 Å². The largest absolute Gasteiger partial charge is 0.382 e. The topological polar surface area (TPSA) is 35.2 Å². The maximum atomic E-state index is 5.51. The highest BCUT2D eigenvalue weighted by Gasteiger charge is 2.15. The van der Waals surface area contributed by atoms with E-state index in [1.54, 1.807) is 0 Å². The van der Waals surface area contributed by atoms with Crippen molar-refractivity contribution in [1.82, 2.24) is 0 Å². The second kappa shape index (κ2) is 6.44. The molecule has 0 aromatic carbocycles. The van der Waals surface area contributed by atoms with E-state index in [0.29, 0.717) is 5.41 Å². The van der Waals surface area contributed by atoms with E-state index in [2.05, 4.69) is 13.8 Å². The monoisotopic (exact) mass is 173 g/mol. The summed E-state index contributed by atoms with van der Waals surface area (Å²) in [5.74, 6) is 0. The molecule has 0 unspecified atom stereocenters. The van der Waals surface area contributed by atoms with Crippen LogP contribution in [-0.2, 0) is 4.74 Å². The minimum atomic E-state index is 0.395. The lowest BCUT2D eigenvalue weighted by Gasteiger charge is -2.23. The molecule has 0 aliphatic rings. The molecular weight excluding hydrogens is 150 g/mol. The molecule has 12 heavy (non-hydrogen) atoms. The molecule has 0 bridgehead atoms. The molecule has 0 aliphatic heterocycles. The van der Waals surface area contributed by atoms with E-state index in [1.807, 2.05) is 6.92 Å². The van der Waals surface area contributed by atoms with Gasteiger partial charge in [-0.3, -0.25) is 0 Å². The molecule has 0 aromatic rings. The zero-order chi connectivity index (χ0) is 9.45. The van der Waals surface area contributed by atoms with Gasteiger partial charge in [0.05, 0.1) is 0 Å². The van der Waals surface area contributed by atoms with Crippen molar-refractivity contribution in [3.05, 3.63) is 0 Å². The summed E-state index contributed by atoms with van der Waals surface area (Å²) in [6, 6.07) is 0. The van der Waals surface area contributed by atoms with Crippen molar-refractivity contribution in [2.45, 2.75) is 40.0 Å². The first kappa shape index (κ1) is 11.9. The van der Waals surface area contributed by atoms with Gasteiger partial charge in [0.15, 0.2) is 0 Å². The van der Waals surface area contributed by atoms with E-state index in [4.69, 9.17) is 10.5 Å². The first-order valence-electron chi connectivity index (χ1n) is 4.90. The van der Waals surface area contributed by atoms with Crippen LogP contribution >= 0.6 is 0 Å². The zero-order valence-corrected chi connectivity index (χ0v) is 8.73. The molecule has 0 rings (SSSR count). The van der Waals surface area contributed by atoms with E-state index in [9.17, 15) is 0 Å². The van der Waals surface area contributed by atoms with Crippen molar-refractivity contribution in [2.24, 2.45) is 11.1 Å². The number of nitrogens with two attached hydrogens (primary N) is 1. The van der Waals surface area contributed by atoms with Gasteiger partial charge in [0.1, 0.15) is 0 Å². The number of rotatable bonds is 7. The average Bonchev–Trinajstić information content (AvgIpc) is 1.98. The van der Waals surface area contributed by atoms with E-state index in [0.717, 1.165) is 32.6 Å². The normalized spacial score (nSPS) is 12.0. The fourth-order valence-corrected chi connectivity index (χ4v) is 1.31. The van der Waals surface area contributed by atoms with Crippen LogP contribution in [0.3, 0.4) is 0 Å². The molecule has 74 valence electrons. The lowest BCUT2D eigenvalue weighted by Crippen LogP contribution is -2.17. The molecule has 0 aliphatic carbocycles. The predicted molar refractivity (Wildman–Crippen MR) is 53.2 cm³/mol. The van der Waals surface area contributed by atoms with E-state index in [-0.39, 0.29) is 0 Å². The molecule has 2 heteroatoms. The summed E-state index contributed by atoms with van der Waals surface area (Å²) >= 11 is 0. The Labute approximate surface area is 76.5 Å². The molecule has 0 saturated carbocycles. The zero-order valence-electron chi connectivity index (χ0n) is 8.73. The number of hydrogen-bond acceptors (Lipinski definition) is 2. The van der Waals surface area contributed by atoms with Crippen molar-refractivity contribution in [3.8, 4) is 0 Å². The third-order valence-electron chi connectivity index (χ3n) is 2.17. The summed E-state index contributed by atoms with van der Waals surface area (Å²) in [7, 11) is 0. The lowest BCUT2D eigenvalue weighted by atomic mass is 9.84. The second-order valence-electron chi connectivity index (χ2n) is 4.00. The number of ether oxygens (including phenoxy) is 1. The van der Waals surface area contributed by atoms with Crippen molar-refractivity contribution < 1.29 is 4.74 Å². The van der Waals surface area contributed by atoms with Crippen molar-refractivity contribution >= 4 is 0 Å². The molecule has 0 atom stereocenters. The third-order valence-corrected chi connectivity index (χ3v) is 2.17. The quantitative estimate of drug-likeness (QED) is 0.599. The molecule has 0 radical (unpaired) electrons. The van der Waals surface area contributed by atoms with Crippen LogP contribution in [0.2, 0.25) is 0 Å². The average molecular weight is 173 g/mol. The van der Waals surface area contributed by atoms with E-state index >= 15 is 0 Å². The van der Waals surface area contributed by atoms with Gasteiger partial charge in [-0.2, -0.15) is 0 Å². The highest BCUT2D eigenvalue weighted by molar-refractivity contribution is 4.68. The summed E-state index contributed by atoms with van der Waals surface area (Å²) in [5.41, 5.74) is 5.91. The maximum Gasteiger partial charge on any atom is 0.0466 e. The van der Waals surface area contributed by atoms with Gasteiger partial charge in [-0.05, 0) is 38.1 Å². The van der Waals surface area contributed by atoms with Gasteiger partial charge in [0, 0.05) is 13.2 Å². The highest BCUT2D eigenvalue weighted by atomic mass is 16.5.